The normalized spacial score (nSPS) is 10.7. The lowest BCUT2D eigenvalue weighted by molar-refractivity contribution is -0.120. The Morgan fingerprint density at radius 2 is 2.35 bits per heavy atom. The highest BCUT2D eigenvalue weighted by Crippen LogP contribution is 2.20. The average molecular weight is 233 g/mol. The molecular formula is C12H15N3O2. The molecule has 1 amide bonds. The molecule has 1 aromatic heterocycles. The Labute approximate surface area is 99.0 Å². The maximum atomic E-state index is 11.5. The maximum absolute atomic E-state index is 11.5. The Bertz CT molecular complexity index is 534. The molecule has 2 rings (SSSR count). The molecule has 0 unspecified atom stereocenters. The first kappa shape index (κ1) is 11.6. The maximum Gasteiger partial charge on any atom is 0.226 e. The minimum atomic E-state index is -0.0906. The van der Waals surface area contributed by atoms with E-state index in [0.717, 1.165) is 10.9 Å². The van der Waals surface area contributed by atoms with E-state index in [2.05, 4.69) is 10.5 Å². The third-order valence-electron chi connectivity index (χ3n) is 2.49. The van der Waals surface area contributed by atoms with Crippen LogP contribution >= 0.6 is 0 Å². The van der Waals surface area contributed by atoms with E-state index < -0.39 is 0 Å². The molecule has 3 N–H and O–H groups in total. The summed E-state index contributed by atoms with van der Waals surface area (Å²) in [4.78, 5) is 11.5. The summed E-state index contributed by atoms with van der Waals surface area (Å²) in [6.07, 6.45) is 0.219. The smallest absolute Gasteiger partial charge is 0.226 e. The zero-order chi connectivity index (χ0) is 12.3. The number of nitrogens with zero attached hydrogens (tertiary/aromatic N) is 1. The molecule has 17 heavy (non-hydrogen) atoms. The standard InChI is InChI=1S/C12H15N3O2/c1-8-2-3-11-9(6-8)10(15-17-11)7-12(16)14-5-4-13/h2-3,6H,4-5,7,13H2,1H3,(H,14,16). The molecule has 0 aliphatic rings. The Morgan fingerprint density at radius 3 is 3.12 bits per heavy atom. The molecule has 1 aromatic carbocycles. The number of aryl methyl sites for hydroxylation is 1. The second kappa shape index (κ2) is 4.97. The minimum Gasteiger partial charge on any atom is -0.356 e. The quantitative estimate of drug-likeness (QED) is 0.816. The first-order chi connectivity index (χ1) is 8.20. The van der Waals surface area contributed by atoms with Crippen LogP contribution in [0.4, 0.5) is 0 Å². The van der Waals surface area contributed by atoms with Gasteiger partial charge in [-0.1, -0.05) is 16.8 Å². The molecule has 0 aliphatic carbocycles. The summed E-state index contributed by atoms with van der Waals surface area (Å²) in [6, 6.07) is 5.78. The van der Waals surface area contributed by atoms with Crippen LogP contribution in [0.1, 0.15) is 11.3 Å². The van der Waals surface area contributed by atoms with Crippen LogP contribution in [0.25, 0.3) is 11.0 Å². The predicted octanol–water partition coefficient (Wildman–Crippen LogP) is 0.754. The number of carbonyl (C=O) groups is 1. The molecular weight excluding hydrogens is 218 g/mol. The molecule has 1 heterocycles. The lowest BCUT2D eigenvalue weighted by Crippen LogP contribution is -2.30. The Hall–Kier alpha value is -1.88. The van der Waals surface area contributed by atoms with E-state index in [1.807, 2.05) is 25.1 Å². The van der Waals surface area contributed by atoms with Gasteiger partial charge in [-0.15, -0.1) is 0 Å². The highest BCUT2D eigenvalue weighted by molar-refractivity contribution is 5.86. The van der Waals surface area contributed by atoms with Crippen LogP contribution in [0.15, 0.2) is 22.7 Å². The summed E-state index contributed by atoms with van der Waals surface area (Å²) in [5.74, 6) is -0.0906. The number of hydrogen-bond donors (Lipinski definition) is 2. The fourth-order valence-electron chi connectivity index (χ4n) is 1.66. The molecule has 5 heteroatoms. The van der Waals surface area contributed by atoms with Crippen LogP contribution < -0.4 is 11.1 Å². The first-order valence-corrected chi connectivity index (χ1v) is 5.52. The van der Waals surface area contributed by atoms with Crippen LogP contribution in [-0.2, 0) is 11.2 Å². The van der Waals surface area contributed by atoms with Gasteiger partial charge in [-0.2, -0.15) is 0 Å². The third-order valence-corrected chi connectivity index (χ3v) is 2.49. The van der Waals surface area contributed by atoms with Gasteiger partial charge in [0.05, 0.1) is 6.42 Å². The van der Waals surface area contributed by atoms with Crippen LogP contribution in [0.2, 0.25) is 0 Å². The number of rotatable bonds is 4. The van der Waals surface area contributed by atoms with Crippen molar-refractivity contribution in [2.45, 2.75) is 13.3 Å². The minimum absolute atomic E-state index is 0.0906. The summed E-state index contributed by atoms with van der Waals surface area (Å²) in [7, 11) is 0. The molecule has 0 radical (unpaired) electrons. The molecule has 0 aliphatic heterocycles. The van der Waals surface area contributed by atoms with Crippen molar-refractivity contribution in [2.75, 3.05) is 13.1 Å². The van der Waals surface area contributed by atoms with Crippen molar-refractivity contribution in [1.29, 1.82) is 0 Å². The molecule has 0 spiro atoms. The Kier molecular flexibility index (Phi) is 3.39. The van der Waals surface area contributed by atoms with Gasteiger partial charge < -0.3 is 15.6 Å². The summed E-state index contributed by atoms with van der Waals surface area (Å²) in [5, 5.41) is 7.52. The highest BCUT2D eigenvalue weighted by Gasteiger charge is 2.11. The van der Waals surface area contributed by atoms with Crippen molar-refractivity contribution < 1.29 is 9.32 Å². The summed E-state index contributed by atoms with van der Waals surface area (Å²) >= 11 is 0. The van der Waals surface area contributed by atoms with Crippen LogP contribution in [0, 0.1) is 6.92 Å². The van der Waals surface area contributed by atoms with Gasteiger partial charge in [-0.25, -0.2) is 0 Å². The monoisotopic (exact) mass is 233 g/mol. The molecule has 0 atom stereocenters. The highest BCUT2D eigenvalue weighted by atomic mass is 16.5. The number of nitrogens with one attached hydrogen (secondary N) is 1. The number of carbonyl (C=O) groups excluding carboxylic acids is 1. The number of benzene rings is 1. The van der Waals surface area contributed by atoms with Gasteiger partial charge in [0.15, 0.2) is 5.58 Å². The zero-order valence-corrected chi connectivity index (χ0v) is 9.69. The van der Waals surface area contributed by atoms with Crippen molar-refractivity contribution in [3.05, 3.63) is 29.5 Å². The van der Waals surface area contributed by atoms with E-state index in [0.29, 0.717) is 24.4 Å². The number of fused-ring (bicyclic) bond motifs is 1. The van der Waals surface area contributed by atoms with Gasteiger partial charge in [0, 0.05) is 18.5 Å². The van der Waals surface area contributed by atoms with Crippen molar-refractivity contribution in [3.8, 4) is 0 Å². The van der Waals surface area contributed by atoms with Gasteiger partial charge in [0.2, 0.25) is 5.91 Å². The van der Waals surface area contributed by atoms with Crippen LogP contribution in [0.5, 0.6) is 0 Å². The van der Waals surface area contributed by atoms with Crippen molar-refractivity contribution in [1.82, 2.24) is 10.5 Å². The first-order valence-electron chi connectivity index (χ1n) is 5.52. The third kappa shape index (κ3) is 2.62. The van der Waals surface area contributed by atoms with Crippen LogP contribution in [-0.4, -0.2) is 24.2 Å². The second-order valence-electron chi connectivity index (χ2n) is 3.94. The largest absolute Gasteiger partial charge is 0.356 e. The summed E-state index contributed by atoms with van der Waals surface area (Å²) in [5.41, 5.74) is 7.80. The van der Waals surface area contributed by atoms with E-state index >= 15 is 0 Å². The lowest BCUT2D eigenvalue weighted by atomic mass is 10.1. The number of hydrogen-bond acceptors (Lipinski definition) is 4. The fraction of sp³-hybridized carbons (Fsp3) is 0.333. The number of nitrogens with two attached hydrogens (primary N) is 1. The van der Waals surface area contributed by atoms with Gasteiger partial charge >= 0.3 is 0 Å². The van der Waals surface area contributed by atoms with Crippen molar-refractivity contribution in [3.63, 3.8) is 0 Å². The molecule has 0 bridgehead atoms. The molecule has 0 saturated heterocycles. The molecule has 0 saturated carbocycles. The topological polar surface area (TPSA) is 81.2 Å². The molecule has 5 nitrogen and oxygen atoms in total. The van der Waals surface area contributed by atoms with Crippen molar-refractivity contribution >= 4 is 16.9 Å². The van der Waals surface area contributed by atoms with Gasteiger partial charge in [0.1, 0.15) is 5.69 Å². The van der Waals surface area contributed by atoms with Crippen LogP contribution in [0.3, 0.4) is 0 Å². The van der Waals surface area contributed by atoms with E-state index in [4.69, 9.17) is 10.3 Å². The van der Waals surface area contributed by atoms with E-state index in [1.165, 1.54) is 0 Å². The second-order valence-corrected chi connectivity index (χ2v) is 3.94. The van der Waals surface area contributed by atoms with Crippen molar-refractivity contribution in [2.24, 2.45) is 5.73 Å². The zero-order valence-electron chi connectivity index (χ0n) is 9.69. The fourth-order valence-corrected chi connectivity index (χ4v) is 1.66. The predicted molar refractivity (Wildman–Crippen MR) is 64.5 cm³/mol. The van der Waals surface area contributed by atoms with Gasteiger partial charge in [0.25, 0.3) is 0 Å². The number of aromatic nitrogens is 1. The van der Waals surface area contributed by atoms with E-state index in [1.54, 1.807) is 0 Å². The molecule has 0 fully saturated rings. The number of amides is 1. The summed E-state index contributed by atoms with van der Waals surface area (Å²) in [6.45, 7) is 2.91. The average Bonchev–Trinajstić information content (AvgIpc) is 2.69. The molecule has 2 aromatic rings. The van der Waals surface area contributed by atoms with Gasteiger partial charge in [-0.3, -0.25) is 4.79 Å². The SMILES string of the molecule is Cc1ccc2onc(CC(=O)NCCN)c2c1. The lowest BCUT2D eigenvalue weighted by Gasteiger charge is -2.00. The molecule has 90 valence electrons. The van der Waals surface area contributed by atoms with E-state index in [9.17, 15) is 4.79 Å². The van der Waals surface area contributed by atoms with Gasteiger partial charge in [-0.05, 0) is 19.1 Å². The Morgan fingerprint density at radius 1 is 1.53 bits per heavy atom. The summed E-state index contributed by atoms with van der Waals surface area (Å²) < 4.78 is 5.15. The Balaban J connectivity index is 2.18. The van der Waals surface area contributed by atoms with E-state index in [-0.39, 0.29) is 12.3 Å².